The second kappa shape index (κ2) is 22.2. The second-order valence-electron chi connectivity index (χ2n) is 14.2. The molecular weight excluding hydrogens is 648 g/mol. The van der Waals surface area contributed by atoms with Gasteiger partial charge in [0, 0.05) is 64.9 Å². The largest absolute Gasteiger partial charge is 0.389 e. The van der Waals surface area contributed by atoms with Crippen molar-refractivity contribution >= 4 is 17.5 Å². The summed E-state index contributed by atoms with van der Waals surface area (Å²) in [7, 11) is 0. The first-order valence-electron chi connectivity index (χ1n) is 18.2. The Morgan fingerprint density at radius 2 is 0.980 bits per heavy atom. The van der Waals surface area contributed by atoms with E-state index in [1.54, 1.807) is 0 Å². The van der Waals surface area contributed by atoms with Crippen molar-refractivity contribution in [2.45, 2.75) is 65.1 Å². The Bertz CT molecular complexity index is 964. The lowest BCUT2D eigenvalue weighted by atomic mass is 9.92. The van der Waals surface area contributed by atoms with Crippen LogP contribution >= 0.6 is 0 Å². The molecule has 3 rings (SSSR count). The molecule has 0 fully saturated rings. The molecule has 3 aliphatic rings. The number of rotatable bonds is 27. The number of ether oxygens (including phenoxy) is 4. The molecule has 16 heteroatoms. The van der Waals surface area contributed by atoms with Crippen molar-refractivity contribution in [3.63, 3.8) is 0 Å². The van der Waals surface area contributed by atoms with Gasteiger partial charge in [0.1, 0.15) is 0 Å². The first-order chi connectivity index (χ1) is 23.9. The van der Waals surface area contributed by atoms with Gasteiger partial charge in [-0.25, -0.2) is 0 Å². The van der Waals surface area contributed by atoms with Gasteiger partial charge in [0.25, 0.3) is 0 Å². The van der Waals surface area contributed by atoms with Crippen molar-refractivity contribution in [2.75, 3.05) is 131 Å². The summed E-state index contributed by atoms with van der Waals surface area (Å²) in [6.07, 6.45) is -2.99. The van der Waals surface area contributed by atoms with Gasteiger partial charge in [0.2, 0.25) is 0 Å². The summed E-state index contributed by atoms with van der Waals surface area (Å²) in [6.45, 7) is 17.9. The number of aliphatic hydroxyl groups is 4. The normalized spacial score (nSPS) is 20.4. The molecule has 290 valence electrons. The van der Waals surface area contributed by atoms with Gasteiger partial charge in [-0.05, 0) is 34.6 Å². The summed E-state index contributed by atoms with van der Waals surface area (Å²) in [5.41, 5.74) is 4.90. The van der Waals surface area contributed by atoms with Crippen molar-refractivity contribution < 1.29 is 39.4 Å². The number of nitrogens with two attached hydrogens (primary N) is 1. The Morgan fingerprint density at radius 1 is 0.640 bits per heavy atom. The van der Waals surface area contributed by atoms with Gasteiger partial charge in [-0.3, -0.25) is 19.9 Å². The van der Waals surface area contributed by atoms with Crippen LogP contribution in [-0.4, -0.2) is 219 Å². The van der Waals surface area contributed by atoms with E-state index in [-0.39, 0.29) is 58.9 Å². The number of aliphatic hydroxyl groups excluding tert-OH is 4. The highest BCUT2D eigenvalue weighted by atomic mass is 16.5. The third-order valence-electron chi connectivity index (χ3n) is 9.26. The van der Waals surface area contributed by atoms with Crippen LogP contribution in [0.25, 0.3) is 0 Å². The standard InChI is InChI=1S/C34H66N8O8/c1-26(2)39(10-6-35)14-30(43)18-47-22-34(23-48-19-31(44)15-40-11-7-36-27(40)3,24-49-20-32(45)16-41-12-8-37-28(41)4)25-50-21-33(46)17-42-13-9-38-29(42)5/h26,30-33,43-46H,6-25,35H2,1-5H3. The molecule has 50 heavy (non-hydrogen) atoms. The van der Waals surface area contributed by atoms with E-state index in [0.717, 1.165) is 37.1 Å². The maximum absolute atomic E-state index is 10.9. The highest BCUT2D eigenvalue weighted by molar-refractivity contribution is 5.82. The lowest BCUT2D eigenvalue weighted by Crippen LogP contribution is -2.46. The van der Waals surface area contributed by atoms with E-state index in [1.165, 1.54) is 0 Å². The maximum atomic E-state index is 10.9. The van der Waals surface area contributed by atoms with Crippen molar-refractivity contribution in [1.82, 2.24) is 19.6 Å². The van der Waals surface area contributed by atoms with Crippen LogP contribution in [0.1, 0.15) is 34.6 Å². The highest BCUT2D eigenvalue weighted by Crippen LogP contribution is 2.22. The summed E-state index contributed by atoms with van der Waals surface area (Å²) in [5, 5.41) is 43.3. The molecule has 3 heterocycles. The Kier molecular flexibility index (Phi) is 18.8. The number of β-amino-alcohol motifs (C(OH)–C–C–N with tert-alkyl or cyclic N) is 3. The van der Waals surface area contributed by atoms with E-state index < -0.39 is 29.8 Å². The lowest BCUT2D eigenvalue weighted by Gasteiger charge is -2.35. The van der Waals surface area contributed by atoms with Crippen molar-refractivity contribution in [2.24, 2.45) is 26.1 Å². The molecule has 0 spiro atoms. The Labute approximate surface area is 298 Å². The summed E-state index contributed by atoms with van der Waals surface area (Å²) in [4.78, 5) is 21.4. The fraction of sp³-hybridized carbons (Fsp3) is 0.912. The predicted octanol–water partition coefficient (Wildman–Crippen LogP) is -1.65. The Hall–Kier alpha value is -1.99. The zero-order valence-corrected chi connectivity index (χ0v) is 31.2. The van der Waals surface area contributed by atoms with Crippen molar-refractivity contribution in [3.05, 3.63) is 0 Å². The minimum Gasteiger partial charge on any atom is -0.389 e. The van der Waals surface area contributed by atoms with E-state index in [2.05, 4.69) is 33.7 Å². The average molecular weight is 715 g/mol. The average Bonchev–Trinajstić information content (AvgIpc) is 3.78. The molecule has 0 bridgehead atoms. The fourth-order valence-electron chi connectivity index (χ4n) is 6.32. The lowest BCUT2D eigenvalue weighted by molar-refractivity contribution is -0.133. The van der Waals surface area contributed by atoms with Gasteiger partial charge in [0.05, 0.1) is 120 Å². The number of nitrogens with zero attached hydrogens (tertiary/aromatic N) is 7. The van der Waals surface area contributed by atoms with Crippen LogP contribution in [0.4, 0.5) is 0 Å². The Balaban J connectivity index is 1.66. The van der Waals surface area contributed by atoms with Gasteiger partial charge in [-0.15, -0.1) is 0 Å². The summed E-state index contributed by atoms with van der Waals surface area (Å²) < 4.78 is 24.6. The quantitative estimate of drug-likeness (QED) is 0.0651. The van der Waals surface area contributed by atoms with Gasteiger partial charge < -0.3 is 59.8 Å². The van der Waals surface area contributed by atoms with E-state index >= 15 is 0 Å². The molecule has 0 saturated carbocycles. The van der Waals surface area contributed by atoms with Crippen LogP contribution in [0.2, 0.25) is 0 Å². The molecule has 0 saturated heterocycles. The van der Waals surface area contributed by atoms with Gasteiger partial charge in [-0.1, -0.05) is 0 Å². The second-order valence-corrected chi connectivity index (χ2v) is 14.2. The highest BCUT2D eigenvalue weighted by Gasteiger charge is 2.34. The monoisotopic (exact) mass is 715 g/mol. The van der Waals surface area contributed by atoms with Gasteiger partial charge in [0.15, 0.2) is 0 Å². The Morgan fingerprint density at radius 3 is 1.26 bits per heavy atom. The van der Waals surface area contributed by atoms with Crippen molar-refractivity contribution in [1.29, 1.82) is 0 Å². The molecule has 0 aromatic carbocycles. The van der Waals surface area contributed by atoms with E-state index in [1.807, 2.05) is 35.5 Å². The van der Waals surface area contributed by atoms with Crippen LogP contribution < -0.4 is 5.73 Å². The fourth-order valence-corrected chi connectivity index (χ4v) is 6.32. The molecule has 4 unspecified atom stereocenters. The van der Waals surface area contributed by atoms with Gasteiger partial charge >= 0.3 is 0 Å². The molecule has 0 aromatic heterocycles. The summed E-state index contributed by atoms with van der Waals surface area (Å²) in [6, 6.07) is 0.216. The van der Waals surface area contributed by atoms with E-state index in [0.29, 0.717) is 58.9 Å². The number of hydrogen-bond acceptors (Lipinski definition) is 16. The van der Waals surface area contributed by atoms with Crippen LogP contribution in [0.3, 0.4) is 0 Å². The van der Waals surface area contributed by atoms with Gasteiger partial charge in [-0.2, -0.15) is 0 Å². The molecule has 4 atom stereocenters. The summed E-state index contributed by atoms with van der Waals surface area (Å²) >= 11 is 0. The SMILES string of the molecule is CC1=NCCN1CC(O)COCC(COCC(O)CN1CCN=C1C)(COCC(O)CN1CCN=C1C)COCC(O)CN(CCN)C(C)C. The molecule has 0 aliphatic carbocycles. The van der Waals surface area contributed by atoms with Crippen LogP contribution in [0.15, 0.2) is 15.0 Å². The number of amidine groups is 3. The zero-order valence-electron chi connectivity index (χ0n) is 31.2. The maximum Gasteiger partial charge on any atom is 0.0959 e. The minimum absolute atomic E-state index is 0.0676. The minimum atomic E-state index is -0.880. The van der Waals surface area contributed by atoms with Crippen LogP contribution in [0, 0.1) is 5.41 Å². The topological polar surface area (TPSA) is 194 Å². The van der Waals surface area contributed by atoms with Crippen LogP contribution in [-0.2, 0) is 18.9 Å². The summed E-state index contributed by atoms with van der Waals surface area (Å²) in [5.74, 6) is 2.70. The first-order valence-corrected chi connectivity index (χ1v) is 18.2. The van der Waals surface area contributed by atoms with E-state index in [9.17, 15) is 20.4 Å². The molecule has 0 aromatic rings. The number of hydrogen-bond donors (Lipinski definition) is 5. The smallest absolute Gasteiger partial charge is 0.0959 e. The predicted molar refractivity (Wildman–Crippen MR) is 194 cm³/mol. The third kappa shape index (κ3) is 14.9. The zero-order chi connectivity index (χ0) is 36.5. The molecule has 0 radical (unpaired) electrons. The number of aliphatic imine (C=N–C) groups is 3. The third-order valence-corrected chi connectivity index (χ3v) is 9.26. The molecule has 16 nitrogen and oxygen atoms in total. The molecule has 0 amide bonds. The van der Waals surface area contributed by atoms with E-state index in [4.69, 9.17) is 24.7 Å². The first kappa shape index (κ1) is 42.4. The molecular formula is C34H66N8O8. The van der Waals surface area contributed by atoms with Crippen molar-refractivity contribution in [3.8, 4) is 0 Å². The molecule has 6 N–H and O–H groups in total. The van der Waals surface area contributed by atoms with Crippen LogP contribution in [0.5, 0.6) is 0 Å². The molecule has 3 aliphatic heterocycles.